The zero-order valence-corrected chi connectivity index (χ0v) is 12.2. The maximum Gasteiger partial charge on any atom is 0.0486 e. The minimum Gasteiger partial charge on any atom is -0.339 e. The molecule has 0 amide bonds. The lowest BCUT2D eigenvalue weighted by Crippen LogP contribution is -2.08. The van der Waals surface area contributed by atoms with Crippen molar-refractivity contribution in [1.29, 1.82) is 0 Å². The Morgan fingerprint density at radius 2 is 1.81 bits per heavy atom. The first-order valence-corrected chi connectivity index (χ1v) is 7.73. The summed E-state index contributed by atoms with van der Waals surface area (Å²) in [6.07, 6.45) is 3.79. The van der Waals surface area contributed by atoms with Crippen molar-refractivity contribution >= 4 is 10.9 Å². The molecule has 0 spiro atoms. The molecule has 21 heavy (non-hydrogen) atoms. The summed E-state index contributed by atoms with van der Waals surface area (Å²) in [6, 6.07) is 17.7. The second-order valence-electron chi connectivity index (χ2n) is 5.94. The van der Waals surface area contributed by atoms with Gasteiger partial charge in [-0.15, -0.1) is 0 Å². The Labute approximate surface area is 125 Å². The fourth-order valence-electron chi connectivity index (χ4n) is 3.53. The zero-order chi connectivity index (χ0) is 14.2. The Kier molecular flexibility index (Phi) is 3.04. The normalized spacial score (nSPS) is 13.8. The molecule has 1 aliphatic carbocycles. The average Bonchev–Trinajstić information content (AvgIpc) is 3.11. The SMILES string of the molecule is NCc1cc2ccccc2n1Cc1ccc2c(c1)CCC2. The highest BCUT2D eigenvalue weighted by molar-refractivity contribution is 5.81. The van der Waals surface area contributed by atoms with Crippen molar-refractivity contribution in [2.75, 3.05) is 0 Å². The van der Waals surface area contributed by atoms with Gasteiger partial charge in [-0.2, -0.15) is 0 Å². The largest absolute Gasteiger partial charge is 0.339 e. The number of nitrogens with two attached hydrogens (primary N) is 1. The molecule has 2 heteroatoms. The number of hydrogen-bond donors (Lipinski definition) is 1. The Morgan fingerprint density at radius 1 is 0.952 bits per heavy atom. The van der Waals surface area contributed by atoms with Gasteiger partial charge in [-0.05, 0) is 53.5 Å². The molecular formula is C19H20N2. The van der Waals surface area contributed by atoms with Crippen LogP contribution in [-0.2, 0) is 25.9 Å². The van der Waals surface area contributed by atoms with Crippen LogP contribution < -0.4 is 5.73 Å². The second-order valence-corrected chi connectivity index (χ2v) is 5.94. The molecule has 0 radical (unpaired) electrons. The first-order chi connectivity index (χ1) is 10.3. The van der Waals surface area contributed by atoms with Crippen molar-refractivity contribution < 1.29 is 0 Å². The lowest BCUT2D eigenvalue weighted by molar-refractivity contribution is 0.767. The van der Waals surface area contributed by atoms with Crippen LogP contribution >= 0.6 is 0 Å². The van der Waals surface area contributed by atoms with E-state index in [4.69, 9.17) is 5.73 Å². The maximum absolute atomic E-state index is 5.94. The molecular weight excluding hydrogens is 256 g/mol. The standard InChI is InChI=1S/C19H20N2/c20-12-18-11-17-4-1-2-7-19(17)21(18)13-14-8-9-15-5-3-6-16(15)10-14/h1-2,4,7-11H,3,5-6,12-13,20H2. The lowest BCUT2D eigenvalue weighted by atomic mass is 10.1. The fraction of sp³-hybridized carbons (Fsp3) is 0.263. The van der Waals surface area contributed by atoms with E-state index in [9.17, 15) is 0 Å². The molecule has 0 saturated heterocycles. The molecule has 2 aromatic carbocycles. The van der Waals surface area contributed by atoms with Crippen LogP contribution in [0.15, 0.2) is 48.5 Å². The number of benzene rings is 2. The summed E-state index contributed by atoms with van der Waals surface area (Å²) in [5, 5.41) is 1.28. The molecule has 0 aliphatic heterocycles. The van der Waals surface area contributed by atoms with Crippen LogP contribution in [-0.4, -0.2) is 4.57 Å². The quantitative estimate of drug-likeness (QED) is 0.778. The average molecular weight is 276 g/mol. The molecule has 0 fully saturated rings. The molecule has 0 bridgehead atoms. The molecule has 3 aromatic rings. The van der Waals surface area contributed by atoms with Gasteiger partial charge in [-0.1, -0.05) is 36.4 Å². The minimum atomic E-state index is 0.583. The van der Waals surface area contributed by atoms with Crippen LogP contribution in [0.1, 0.15) is 28.8 Å². The second kappa shape index (κ2) is 5.05. The summed E-state index contributed by atoms with van der Waals surface area (Å²) in [5.74, 6) is 0. The first kappa shape index (κ1) is 12.7. The highest BCUT2D eigenvalue weighted by Gasteiger charge is 2.12. The van der Waals surface area contributed by atoms with Crippen molar-refractivity contribution in [3.63, 3.8) is 0 Å². The zero-order valence-electron chi connectivity index (χ0n) is 12.2. The molecule has 0 saturated carbocycles. The maximum atomic E-state index is 5.94. The molecule has 1 heterocycles. The van der Waals surface area contributed by atoms with E-state index in [0.29, 0.717) is 6.54 Å². The van der Waals surface area contributed by atoms with Gasteiger partial charge in [0.05, 0.1) is 0 Å². The van der Waals surface area contributed by atoms with Crippen molar-refractivity contribution in [1.82, 2.24) is 4.57 Å². The number of fused-ring (bicyclic) bond motifs is 2. The lowest BCUT2D eigenvalue weighted by Gasteiger charge is -2.11. The Bertz CT molecular complexity index is 798. The molecule has 0 unspecified atom stereocenters. The Morgan fingerprint density at radius 3 is 2.71 bits per heavy atom. The number of hydrogen-bond acceptors (Lipinski definition) is 1. The summed E-state index contributed by atoms with van der Waals surface area (Å²) in [6.45, 7) is 1.49. The van der Waals surface area contributed by atoms with E-state index >= 15 is 0 Å². The first-order valence-electron chi connectivity index (χ1n) is 7.73. The van der Waals surface area contributed by atoms with Gasteiger partial charge in [0.1, 0.15) is 0 Å². The van der Waals surface area contributed by atoms with Crippen LogP contribution in [0, 0.1) is 0 Å². The van der Waals surface area contributed by atoms with Crippen LogP contribution in [0.2, 0.25) is 0 Å². The van der Waals surface area contributed by atoms with Crippen LogP contribution in [0.5, 0.6) is 0 Å². The predicted molar refractivity (Wildman–Crippen MR) is 87.4 cm³/mol. The van der Waals surface area contributed by atoms with Crippen molar-refractivity contribution in [3.05, 3.63) is 70.9 Å². The van der Waals surface area contributed by atoms with Gasteiger partial charge in [0.25, 0.3) is 0 Å². The number of rotatable bonds is 3. The third-order valence-corrected chi connectivity index (χ3v) is 4.61. The van der Waals surface area contributed by atoms with Gasteiger partial charge in [-0.3, -0.25) is 0 Å². The highest BCUT2D eigenvalue weighted by Crippen LogP contribution is 2.25. The van der Waals surface area contributed by atoms with Crippen LogP contribution in [0.3, 0.4) is 0 Å². The van der Waals surface area contributed by atoms with E-state index in [1.807, 2.05) is 0 Å². The third kappa shape index (κ3) is 2.16. The van der Waals surface area contributed by atoms with Gasteiger partial charge in [-0.25, -0.2) is 0 Å². The van der Waals surface area contributed by atoms with Crippen molar-refractivity contribution in [2.45, 2.75) is 32.4 Å². The summed E-state index contributed by atoms with van der Waals surface area (Å²) in [5.41, 5.74) is 12.9. The smallest absolute Gasteiger partial charge is 0.0486 e. The van der Waals surface area contributed by atoms with E-state index < -0.39 is 0 Å². The number of aryl methyl sites for hydroxylation is 2. The van der Waals surface area contributed by atoms with Crippen LogP contribution in [0.4, 0.5) is 0 Å². The topological polar surface area (TPSA) is 30.9 Å². The number of para-hydroxylation sites is 1. The molecule has 4 rings (SSSR count). The molecule has 2 nitrogen and oxygen atoms in total. The summed E-state index contributed by atoms with van der Waals surface area (Å²) < 4.78 is 2.35. The highest BCUT2D eigenvalue weighted by atomic mass is 15.0. The van der Waals surface area contributed by atoms with Crippen LogP contribution in [0.25, 0.3) is 10.9 Å². The van der Waals surface area contributed by atoms with Crippen molar-refractivity contribution in [2.24, 2.45) is 5.73 Å². The Balaban J connectivity index is 1.77. The van der Waals surface area contributed by atoms with Gasteiger partial charge >= 0.3 is 0 Å². The summed E-state index contributed by atoms with van der Waals surface area (Å²) >= 11 is 0. The van der Waals surface area contributed by atoms with Gasteiger partial charge in [0.15, 0.2) is 0 Å². The monoisotopic (exact) mass is 276 g/mol. The fourth-order valence-corrected chi connectivity index (χ4v) is 3.53. The molecule has 2 N–H and O–H groups in total. The summed E-state index contributed by atoms with van der Waals surface area (Å²) in [7, 11) is 0. The predicted octanol–water partition coefficient (Wildman–Crippen LogP) is 3.64. The van der Waals surface area contributed by atoms with Gasteiger partial charge in [0, 0.05) is 24.3 Å². The van der Waals surface area contributed by atoms with Crippen molar-refractivity contribution in [3.8, 4) is 0 Å². The molecule has 1 aliphatic rings. The molecule has 106 valence electrons. The number of aromatic nitrogens is 1. The Hall–Kier alpha value is -2.06. The molecule has 1 aromatic heterocycles. The number of nitrogens with zero attached hydrogens (tertiary/aromatic N) is 1. The van der Waals surface area contributed by atoms with E-state index in [1.54, 1.807) is 5.56 Å². The van der Waals surface area contributed by atoms with E-state index in [0.717, 1.165) is 6.54 Å². The molecule has 0 atom stereocenters. The van der Waals surface area contributed by atoms with Gasteiger partial charge < -0.3 is 10.3 Å². The minimum absolute atomic E-state index is 0.583. The van der Waals surface area contributed by atoms with Gasteiger partial charge in [0.2, 0.25) is 0 Å². The van der Waals surface area contributed by atoms with E-state index in [2.05, 4.69) is 53.1 Å². The van der Waals surface area contributed by atoms with E-state index in [-0.39, 0.29) is 0 Å². The van der Waals surface area contributed by atoms with E-state index in [1.165, 1.54) is 47.0 Å². The summed E-state index contributed by atoms with van der Waals surface area (Å²) in [4.78, 5) is 0. The third-order valence-electron chi connectivity index (χ3n) is 4.61.